The van der Waals surface area contributed by atoms with Crippen molar-refractivity contribution < 1.29 is 14.4 Å². The fourth-order valence-corrected chi connectivity index (χ4v) is 3.91. The van der Waals surface area contributed by atoms with Crippen molar-refractivity contribution in [2.75, 3.05) is 6.54 Å². The minimum atomic E-state index is -0.403. The summed E-state index contributed by atoms with van der Waals surface area (Å²) in [4.78, 5) is 39.4. The van der Waals surface area contributed by atoms with E-state index in [-0.39, 0.29) is 36.7 Å². The molecular weight excluding hydrogens is 336 g/mol. The molecule has 0 saturated heterocycles. The number of fused-ring (bicyclic) bond motifs is 1. The van der Waals surface area contributed by atoms with Gasteiger partial charge in [-0.2, -0.15) is 0 Å². The molecule has 0 fully saturated rings. The van der Waals surface area contributed by atoms with Gasteiger partial charge in [-0.15, -0.1) is 11.3 Å². The van der Waals surface area contributed by atoms with Gasteiger partial charge in [-0.3, -0.25) is 19.3 Å². The first-order chi connectivity index (χ1) is 12.0. The first kappa shape index (κ1) is 17.4. The van der Waals surface area contributed by atoms with Crippen molar-refractivity contribution in [1.29, 1.82) is 0 Å². The second kappa shape index (κ2) is 7.19. The maximum absolute atomic E-state index is 12.5. The van der Waals surface area contributed by atoms with Crippen molar-refractivity contribution in [2.45, 2.75) is 26.3 Å². The molecule has 0 aliphatic carbocycles. The molecule has 0 bridgehead atoms. The van der Waals surface area contributed by atoms with Gasteiger partial charge in [0.2, 0.25) is 11.8 Å². The summed E-state index contributed by atoms with van der Waals surface area (Å²) in [5.74, 6) is -0.862. The van der Waals surface area contributed by atoms with Crippen molar-refractivity contribution in [3.05, 3.63) is 57.8 Å². The van der Waals surface area contributed by atoms with Crippen molar-refractivity contribution >= 4 is 29.1 Å². The lowest BCUT2D eigenvalue weighted by Crippen LogP contribution is -2.48. The monoisotopic (exact) mass is 356 g/mol. The van der Waals surface area contributed by atoms with Crippen molar-refractivity contribution in [1.82, 2.24) is 10.2 Å². The van der Waals surface area contributed by atoms with Gasteiger partial charge in [0.25, 0.3) is 5.91 Å². The quantitative estimate of drug-likeness (QED) is 0.838. The summed E-state index contributed by atoms with van der Waals surface area (Å²) in [6.07, 6.45) is 0.147. The van der Waals surface area contributed by atoms with Crippen LogP contribution in [0.1, 0.15) is 40.7 Å². The summed E-state index contributed by atoms with van der Waals surface area (Å²) in [7, 11) is 0. The number of thiophene rings is 1. The Kier molecular flexibility index (Phi) is 4.99. The van der Waals surface area contributed by atoms with Crippen LogP contribution in [0, 0.1) is 5.92 Å². The predicted molar refractivity (Wildman–Crippen MR) is 96.2 cm³/mol. The minimum absolute atomic E-state index is 0.130. The van der Waals surface area contributed by atoms with Crippen molar-refractivity contribution in [3.63, 3.8) is 0 Å². The lowest BCUT2D eigenvalue weighted by Gasteiger charge is -2.28. The van der Waals surface area contributed by atoms with Gasteiger partial charge in [-0.25, -0.2) is 0 Å². The molecule has 130 valence electrons. The van der Waals surface area contributed by atoms with Crippen LogP contribution >= 0.6 is 11.3 Å². The Morgan fingerprint density at radius 2 is 1.96 bits per heavy atom. The van der Waals surface area contributed by atoms with Crippen LogP contribution in [-0.4, -0.2) is 29.2 Å². The molecule has 3 amide bonds. The third kappa shape index (κ3) is 3.64. The topological polar surface area (TPSA) is 66.5 Å². The maximum Gasteiger partial charge on any atom is 0.261 e. The van der Waals surface area contributed by atoms with Crippen LogP contribution in [0.15, 0.2) is 41.8 Å². The summed E-state index contributed by atoms with van der Waals surface area (Å²) in [6, 6.07) is 10.8. The van der Waals surface area contributed by atoms with E-state index in [2.05, 4.69) is 5.32 Å². The molecule has 0 spiro atoms. The highest BCUT2D eigenvalue weighted by atomic mass is 32.1. The van der Waals surface area contributed by atoms with E-state index in [0.717, 1.165) is 9.78 Å². The van der Waals surface area contributed by atoms with E-state index in [1.54, 1.807) is 35.6 Å². The van der Waals surface area contributed by atoms with Crippen LogP contribution in [0.5, 0.6) is 0 Å². The average molecular weight is 356 g/mol. The van der Waals surface area contributed by atoms with Crippen molar-refractivity contribution in [3.8, 4) is 0 Å². The number of rotatable bonds is 5. The van der Waals surface area contributed by atoms with E-state index < -0.39 is 5.91 Å². The van der Waals surface area contributed by atoms with E-state index in [1.807, 2.05) is 31.4 Å². The smallest absolute Gasteiger partial charge is 0.261 e. The van der Waals surface area contributed by atoms with Gasteiger partial charge in [0.05, 0.1) is 12.5 Å². The zero-order chi connectivity index (χ0) is 18.0. The van der Waals surface area contributed by atoms with E-state index in [1.165, 1.54) is 0 Å². The summed E-state index contributed by atoms with van der Waals surface area (Å²) in [5, 5.41) is 4.92. The zero-order valence-electron chi connectivity index (χ0n) is 14.2. The van der Waals surface area contributed by atoms with Crippen LogP contribution in [0.4, 0.5) is 0 Å². The molecule has 0 unspecified atom stereocenters. The third-order valence-corrected chi connectivity index (χ3v) is 5.23. The minimum Gasteiger partial charge on any atom is -0.347 e. The highest BCUT2D eigenvalue weighted by Crippen LogP contribution is 2.26. The Bertz CT molecular complexity index is 799. The summed E-state index contributed by atoms with van der Waals surface area (Å²) in [5.41, 5.74) is 1.21. The molecule has 2 heterocycles. The van der Waals surface area contributed by atoms with Gasteiger partial charge in [-0.05, 0) is 29.0 Å². The average Bonchev–Trinajstić information content (AvgIpc) is 3.10. The number of nitrogens with one attached hydrogen (secondary N) is 1. The maximum atomic E-state index is 12.5. The second-order valence-electron chi connectivity index (χ2n) is 6.42. The SMILES string of the molecule is CC(C)[C@H](NC(=O)CN1C(=O)Cc2ccccc2C1=O)c1cccs1. The number of imide groups is 1. The molecule has 25 heavy (non-hydrogen) atoms. The van der Waals surface area contributed by atoms with Gasteiger partial charge in [0.15, 0.2) is 0 Å². The Morgan fingerprint density at radius 3 is 2.64 bits per heavy atom. The molecule has 5 nitrogen and oxygen atoms in total. The number of hydrogen-bond donors (Lipinski definition) is 1. The molecule has 1 atom stereocenters. The Hall–Kier alpha value is -2.47. The predicted octanol–water partition coefficient (Wildman–Crippen LogP) is 2.79. The molecule has 0 saturated carbocycles. The van der Waals surface area contributed by atoms with Gasteiger partial charge in [0.1, 0.15) is 6.54 Å². The number of carbonyl (C=O) groups is 3. The van der Waals surface area contributed by atoms with Crippen LogP contribution < -0.4 is 5.32 Å². The number of nitrogens with zero attached hydrogens (tertiary/aromatic N) is 1. The fraction of sp³-hybridized carbons (Fsp3) is 0.316. The molecule has 1 aromatic heterocycles. The fourth-order valence-electron chi connectivity index (χ4n) is 2.96. The third-order valence-electron chi connectivity index (χ3n) is 4.27. The number of amides is 3. The second-order valence-corrected chi connectivity index (χ2v) is 7.40. The van der Waals surface area contributed by atoms with Gasteiger partial charge in [-0.1, -0.05) is 38.1 Å². The lowest BCUT2D eigenvalue weighted by atomic mass is 9.98. The Morgan fingerprint density at radius 1 is 1.20 bits per heavy atom. The first-order valence-electron chi connectivity index (χ1n) is 8.22. The zero-order valence-corrected chi connectivity index (χ0v) is 15.0. The molecule has 2 aromatic rings. The Labute approximate surface area is 150 Å². The standard InChI is InChI=1S/C19H20N2O3S/c1-12(2)18(15-8-5-9-25-15)20-16(22)11-21-17(23)10-13-6-3-4-7-14(13)19(21)24/h3-9,12,18H,10-11H2,1-2H3,(H,20,22)/t18-/m0/s1. The number of carbonyl (C=O) groups excluding carboxylic acids is 3. The van der Waals surface area contributed by atoms with Gasteiger partial charge < -0.3 is 5.32 Å². The van der Waals surface area contributed by atoms with E-state index >= 15 is 0 Å². The normalized spacial score (nSPS) is 15.2. The molecule has 0 radical (unpaired) electrons. The highest BCUT2D eigenvalue weighted by molar-refractivity contribution is 7.10. The molecule has 1 aliphatic rings. The van der Waals surface area contributed by atoms with Crippen LogP contribution in [0.3, 0.4) is 0 Å². The van der Waals surface area contributed by atoms with E-state index in [4.69, 9.17) is 0 Å². The molecule has 6 heteroatoms. The number of benzene rings is 1. The van der Waals surface area contributed by atoms with Gasteiger partial charge >= 0.3 is 0 Å². The summed E-state index contributed by atoms with van der Waals surface area (Å²) in [6.45, 7) is 3.80. The van der Waals surface area contributed by atoms with E-state index in [9.17, 15) is 14.4 Å². The molecule has 3 rings (SSSR count). The summed E-state index contributed by atoms with van der Waals surface area (Å²) >= 11 is 1.58. The molecular formula is C19H20N2O3S. The van der Waals surface area contributed by atoms with Crippen LogP contribution in [0.2, 0.25) is 0 Å². The largest absolute Gasteiger partial charge is 0.347 e. The van der Waals surface area contributed by atoms with Crippen LogP contribution in [0.25, 0.3) is 0 Å². The first-order valence-corrected chi connectivity index (χ1v) is 9.10. The number of hydrogen-bond acceptors (Lipinski definition) is 4. The van der Waals surface area contributed by atoms with Crippen molar-refractivity contribution in [2.24, 2.45) is 5.92 Å². The Balaban J connectivity index is 1.72. The lowest BCUT2D eigenvalue weighted by molar-refractivity contribution is -0.133. The molecule has 1 aromatic carbocycles. The van der Waals surface area contributed by atoms with Gasteiger partial charge in [0, 0.05) is 10.4 Å². The summed E-state index contributed by atoms with van der Waals surface area (Å²) < 4.78 is 0. The molecule has 1 N–H and O–H groups in total. The highest BCUT2D eigenvalue weighted by Gasteiger charge is 2.32. The van der Waals surface area contributed by atoms with Crippen LogP contribution in [-0.2, 0) is 16.0 Å². The van der Waals surface area contributed by atoms with E-state index in [0.29, 0.717) is 11.1 Å². The molecule has 1 aliphatic heterocycles.